The summed E-state index contributed by atoms with van der Waals surface area (Å²) in [4.78, 5) is 2.21. The number of likely N-dealkylation sites (N-methyl/N-ethyl adjacent to an activating group) is 1. The van der Waals surface area contributed by atoms with E-state index in [-0.39, 0.29) is 12.1 Å². The van der Waals surface area contributed by atoms with E-state index in [1.807, 2.05) is 19.1 Å². The van der Waals surface area contributed by atoms with Crippen molar-refractivity contribution in [2.45, 2.75) is 19.1 Å². The monoisotopic (exact) mass is 314 g/mol. The molecule has 1 unspecified atom stereocenters. The van der Waals surface area contributed by atoms with Gasteiger partial charge in [-0.15, -0.1) is 0 Å². The zero-order valence-electron chi connectivity index (χ0n) is 10.9. The second-order valence-electron chi connectivity index (χ2n) is 4.78. The van der Waals surface area contributed by atoms with Gasteiger partial charge in [0.25, 0.3) is 0 Å². The fraction of sp³-hybridized carbons (Fsp3) is 0.538. The number of rotatable bonds is 4. The summed E-state index contributed by atoms with van der Waals surface area (Å²) in [5.41, 5.74) is 6.97. The normalized spacial score (nSPS) is 18.3. The lowest BCUT2D eigenvalue weighted by Crippen LogP contribution is -2.51. The maximum absolute atomic E-state index is 6.02. The Hall–Kier alpha value is -0.780. The van der Waals surface area contributed by atoms with E-state index in [0.717, 1.165) is 34.6 Å². The first-order chi connectivity index (χ1) is 8.51. The first kappa shape index (κ1) is 13.6. The fourth-order valence-corrected chi connectivity index (χ4v) is 2.54. The molecule has 18 heavy (non-hydrogen) atoms. The molecule has 0 bridgehead atoms. The van der Waals surface area contributed by atoms with Crippen molar-refractivity contribution in [3.63, 3.8) is 0 Å². The molecule has 4 nitrogen and oxygen atoms in total. The van der Waals surface area contributed by atoms with Gasteiger partial charge in [-0.05, 0) is 26.1 Å². The Labute approximate surface area is 116 Å². The molecule has 1 fully saturated rings. The predicted molar refractivity (Wildman–Crippen MR) is 75.2 cm³/mol. The van der Waals surface area contributed by atoms with Crippen molar-refractivity contribution in [1.29, 1.82) is 0 Å². The van der Waals surface area contributed by atoms with Gasteiger partial charge in [0.2, 0.25) is 0 Å². The number of halogens is 1. The number of ether oxygens (including phenoxy) is 2. The topological polar surface area (TPSA) is 47.7 Å². The molecule has 0 aromatic heterocycles. The van der Waals surface area contributed by atoms with Crippen LogP contribution in [0.2, 0.25) is 0 Å². The number of nitrogens with two attached hydrogens (primary N) is 1. The Balaban J connectivity index is 2.29. The zero-order chi connectivity index (χ0) is 13.3. The first-order valence-electron chi connectivity index (χ1n) is 5.99. The smallest absolute Gasteiger partial charge is 0.166 e. The summed E-state index contributed by atoms with van der Waals surface area (Å²) >= 11 is 3.46. The molecule has 1 aromatic rings. The molecule has 2 rings (SSSR count). The van der Waals surface area contributed by atoms with Crippen LogP contribution >= 0.6 is 15.9 Å². The van der Waals surface area contributed by atoms with E-state index in [2.05, 4.69) is 27.9 Å². The van der Waals surface area contributed by atoms with Gasteiger partial charge >= 0.3 is 0 Å². The van der Waals surface area contributed by atoms with Crippen LogP contribution < -0.4 is 15.2 Å². The lowest BCUT2D eigenvalue weighted by atomic mass is 10.1. The molecule has 100 valence electrons. The molecule has 2 N–H and O–H groups in total. The largest absolute Gasteiger partial charge is 0.493 e. The second kappa shape index (κ2) is 5.47. The molecule has 1 aromatic carbocycles. The third-order valence-electron chi connectivity index (χ3n) is 3.07. The molecule has 0 radical (unpaired) electrons. The minimum Gasteiger partial charge on any atom is -0.493 e. The molecule has 1 aliphatic rings. The second-order valence-corrected chi connectivity index (χ2v) is 5.69. The number of likely N-dealkylation sites (tertiary alicyclic amines) is 1. The van der Waals surface area contributed by atoms with Crippen molar-refractivity contribution < 1.29 is 9.47 Å². The molecular formula is C13H19BrN2O2. The molecule has 1 saturated heterocycles. The van der Waals surface area contributed by atoms with Crippen LogP contribution in [-0.2, 0) is 0 Å². The first-order valence-corrected chi connectivity index (χ1v) is 6.78. The average molecular weight is 315 g/mol. The van der Waals surface area contributed by atoms with Crippen LogP contribution in [0.3, 0.4) is 0 Å². The number of benzene rings is 1. The van der Waals surface area contributed by atoms with Crippen LogP contribution in [0.15, 0.2) is 16.6 Å². The van der Waals surface area contributed by atoms with Crippen molar-refractivity contribution in [2.24, 2.45) is 5.73 Å². The summed E-state index contributed by atoms with van der Waals surface area (Å²) in [6.45, 7) is 3.83. The van der Waals surface area contributed by atoms with Gasteiger partial charge in [0.05, 0.1) is 7.11 Å². The van der Waals surface area contributed by atoms with Crippen molar-refractivity contribution in [1.82, 2.24) is 4.90 Å². The summed E-state index contributed by atoms with van der Waals surface area (Å²) in [7, 11) is 3.72. The number of hydrogen-bond acceptors (Lipinski definition) is 4. The lowest BCUT2D eigenvalue weighted by Gasteiger charge is -2.37. The van der Waals surface area contributed by atoms with Crippen LogP contribution in [0, 0.1) is 0 Å². The van der Waals surface area contributed by atoms with E-state index in [4.69, 9.17) is 15.2 Å². The van der Waals surface area contributed by atoms with Crippen molar-refractivity contribution >= 4 is 15.9 Å². The van der Waals surface area contributed by atoms with Crippen LogP contribution in [-0.4, -0.2) is 38.3 Å². The fourth-order valence-electron chi connectivity index (χ4n) is 2.09. The summed E-state index contributed by atoms with van der Waals surface area (Å²) in [5, 5.41) is 0. The predicted octanol–water partition coefficient (Wildman–Crippen LogP) is 2.17. The average Bonchev–Trinajstić information content (AvgIpc) is 2.28. The van der Waals surface area contributed by atoms with E-state index in [1.165, 1.54) is 0 Å². The van der Waals surface area contributed by atoms with Gasteiger partial charge in [-0.2, -0.15) is 0 Å². The highest BCUT2D eigenvalue weighted by Crippen LogP contribution is 2.38. The van der Waals surface area contributed by atoms with Crippen molar-refractivity contribution in [3.8, 4) is 11.5 Å². The third-order valence-corrected chi connectivity index (χ3v) is 3.53. The minimum atomic E-state index is -0.0933. The van der Waals surface area contributed by atoms with Crippen molar-refractivity contribution in [2.75, 3.05) is 27.2 Å². The van der Waals surface area contributed by atoms with E-state index >= 15 is 0 Å². The van der Waals surface area contributed by atoms with E-state index < -0.39 is 0 Å². The SMILES string of the molecule is COc1cc(Br)cc(C(C)N)c1OC1CN(C)C1. The lowest BCUT2D eigenvalue weighted by molar-refractivity contribution is 0.0360. The van der Waals surface area contributed by atoms with Gasteiger partial charge in [0.1, 0.15) is 6.10 Å². The number of methoxy groups -OCH3 is 1. The molecular weight excluding hydrogens is 296 g/mol. The molecule has 0 spiro atoms. The molecule has 1 atom stereocenters. The highest BCUT2D eigenvalue weighted by atomic mass is 79.9. The molecule has 0 saturated carbocycles. The molecule has 1 heterocycles. The van der Waals surface area contributed by atoms with Crippen LogP contribution in [0.25, 0.3) is 0 Å². The van der Waals surface area contributed by atoms with Gasteiger partial charge in [0, 0.05) is 29.2 Å². The Morgan fingerprint density at radius 1 is 1.44 bits per heavy atom. The third kappa shape index (κ3) is 2.79. The van der Waals surface area contributed by atoms with E-state index in [0.29, 0.717) is 0 Å². The number of hydrogen-bond donors (Lipinski definition) is 1. The summed E-state index contributed by atoms with van der Waals surface area (Å²) in [6.07, 6.45) is 0.225. The summed E-state index contributed by atoms with van der Waals surface area (Å²) in [6, 6.07) is 3.80. The maximum Gasteiger partial charge on any atom is 0.166 e. The Bertz CT molecular complexity index is 431. The number of nitrogens with zero attached hydrogens (tertiary/aromatic N) is 1. The van der Waals surface area contributed by atoms with Crippen LogP contribution in [0.4, 0.5) is 0 Å². The van der Waals surface area contributed by atoms with Gasteiger partial charge < -0.3 is 15.2 Å². The Morgan fingerprint density at radius 3 is 2.61 bits per heavy atom. The zero-order valence-corrected chi connectivity index (χ0v) is 12.5. The van der Waals surface area contributed by atoms with Gasteiger partial charge in [-0.3, -0.25) is 4.90 Å². The highest BCUT2D eigenvalue weighted by Gasteiger charge is 2.27. The Kier molecular flexibility index (Phi) is 4.14. The quantitative estimate of drug-likeness (QED) is 0.925. The van der Waals surface area contributed by atoms with Crippen LogP contribution in [0.1, 0.15) is 18.5 Å². The van der Waals surface area contributed by atoms with Gasteiger partial charge in [-0.25, -0.2) is 0 Å². The van der Waals surface area contributed by atoms with Crippen LogP contribution in [0.5, 0.6) is 11.5 Å². The maximum atomic E-state index is 6.02. The summed E-state index contributed by atoms with van der Waals surface area (Å²) in [5.74, 6) is 1.50. The molecule has 0 amide bonds. The van der Waals surface area contributed by atoms with Gasteiger partial charge in [-0.1, -0.05) is 15.9 Å². The highest BCUT2D eigenvalue weighted by molar-refractivity contribution is 9.10. The molecule has 5 heteroatoms. The summed E-state index contributed by atoms with van der Waals surface area (Å²) < 4.78 is 12.4. The van der Waals surface area contributed by atoms with E-state index in [1.54, 1.807) is 7.11 Å². The molecule has 0 aliphatic carbocycles. The van der Waals surface area contributed by atoms with Crippen molar-refractivity contribution in [3.05, 3.63) is 22.2 Å². The Morgan fingerprint density at radius 2 is 2.11 bits per heavy atom. The standard InChI is InChI=1S/C13H19BrN2O2/c1-8(15)11-4-9(14)5-12(17-3)13(11)18-10-6-16(2)7-10/h4-5,8,10H,6-7,15H2,1-3H3. The minimum absolute atomic E-state index is 0.0933. The van der Waals surface area contributed by atoms with E-state index in [9.17, 15) is 0 Å². The molecule has 1 aliphatic heterocycles. The van der Waals surface area contributed by atoms with Gasteiger partial charge in [0.15, 0.2) is 11.5 Å².